The van der Waals surface area contributed by atoms with Gasteiger partial charge in [0.15, 0.2) is 0 Å². The Labute approximate surface area is 148 Å². The number of amides is 2. The Morgan fingerprint density at radius 2 is 1.67 bits per heavy atom. The van der Waals surface area contributed by atoms with Crippen LogP contribution in [0.4, 0.5) is 4.79 Å². The Bertz CT molecular complexity index is 718. The molecule has 3 rings (SSSR count). The molecular weight excluding hydrogens is 365 g/mol. The van der Waals surface area contributed by atoms with Crippen molar-refractivity contribution in [3.63, 3.8) is 0 Å². The summed E-state index contributed by atoms with van der Waals surface area (Å²) >= 11 is 0.411. The van der Waals surface area contributed by atoms with E-state index in [1.54, 1.807) is 0 Å². The summed E-state index contributed by atoms with van der Waals surface area (Å²) < 4.78 is 0. The van der Waals surface area contributed by atoms with E-state index in [0.717, 1.165) is 12.1 Å². The summed E-state index contributed by atoms with van der Waals surface area (Å²) in [5.74, 6) is 0.291. The number of benzene rings is 2. The minimum absolute atomic E-state index is 0.291. The summed E-state index contributed by atoms with van der Waals surface area (Å²) in [6.07, 6.45) is 0.870. The molecule has 0 aliphatic carbocycles. The average Bonchev–Trinajstić information content (AvgIpc) is 2.62. The van der Waals surface area contributed by atoms with Crippen molar-refractivity contribution < 1.29 is 4.79 Å². The van der Waals surface area contributed by atoms with Crippen molar-refractivity contribution >= 4 is 26.7 Å². The first kappa shape index (κ1) is 16.7. The van der Waals surface area contributed by atoms with E-state index in [9.17, 15) is 4.79 Å². The molecule has 0 bridgehead atoms. The fourth-order valence-electron chi connectivity index (χ4n) is 3.04. The number of hydrogen-bond donors (Lipinski definition) is 2. The van der Waals surface area contributed by atoms with Gasteiger partial charge in [-0.2, -0.15) is 0 Å². The van der Waals surface area contributed by atoms with Crippen molar-refractivity contribution in [1.82, 2.24) is 5.43 Å². The Morgan fingerprint density at radius 3 is 2.25 bits per heavy atom. The Kier molecular flexibility index (Phi) is 5.34. The van der Waals surface area contributed by atoms with Crippen molar-refractivity contribution in [3.05, 3.63) is 71.8 Å². The van der Waals surface area contributed by atoms with Crippen LogP contribution >= 0.6 is 0 Å². The van der Waals surface area contributed by atoms with Crippen molar-refractivity contribution in [3.8, 4) is 0 Å². The number of rotatable bonds is 3. The molecule has 1 aliphatic heterocycles. The Morgan fingerprint density at radius 1 is 1.08 bits per heavy atom. The van der Waals surface area contributed by atoms with E-state index in [1.165, 1.54) is 11.1 Å². The number of nitrogens with zero attached hydrogens (tertiary/aromatic N) is 1. The molecule has 1 heterocycles. The van der Waals surface area contributed by atoms with E-state index in [2.05, 4.69) is 66.0 Å². The molecule has 2 aromatic rings. The van der Waals surface area contributed by atoms with Crippen LogP contribution in [0.3, 0.4) is 0 Å². The van der Waals surface area contributed by atoms with E-state index >= 15 is 0 Å². The summed E-state index contributed by atoms with van der Waals surface area (Å²) in [7, 11) is 0. The maximum absolute atomic E-state index is 11.1. The normalized spacial score (nSPS) is 25.4. The molecule has 2 amide bonds. The minimum atomic E-state index is -0.613. The maximum atomic E-state index is 11.1. The molecule has 2 aromatic carbocycles. The summed E-state index contributed by atoms with van der Waals surface area (Å²) in [5.41, 5.74) is 11.3. The van der Waals surface area contributed by atoms with Gasteiger partial charge in [0.05, 0.1) is 0 Å². The van der Waals surface area contributed by atoms with Gasteiger partial charge < -0.3 is 0 Å². The van der Waals surface area contributed by atoms with Gasteiger partial charge in [-0.3, -0.25) is 0 Å². The zero-order valence-corrected chi connectivity index (χ0v) is 15.3. The SMILES string of the molecule is CC1/C(=N/NC(N)=O)CC(c2ccccc2)[Se]C1c1ccccc1. The molecule has 1 aliphatic rings. The molecule has 0 aromatic heterocycles. The molecule has 0 spiro atoms. The number of urea groups is 1. The third-order valence-electron chi connectivity index (χ3n) is 4.29. The molecule has 0 radical (unpaired) electrons. The van der Waals surface area contributed by atoms with Crippen molar-refractivity contribution in [2.75, 3.05) is 0 Å². The third kappa shape index (κ3) is 3.86. The Hall–Kier alpha value is -2.10. The van der Waals surface area contributed by atoms with Gasteiger partial charge in [0.1, 0.15) is 0 Å². The molecule has 3 unspecified atom stereocenters. The predicted molar refractivity (Wildman–Crippen MR) is 98.1 cm³/mol. The number of carbonyl (C=O) groups is 1. The topological polar surface area (TPSA) is 67.5 Å². The third-order valence-corrected chi connectivity index (χ3v) is 7.95. The quantitative estimate of drug-likeness (QED) is 0.617. The summed E-state index contributed by atoms with van der Waals surface area (Å²) in [5, 5.41) is 4.32. The van der Waals surface area contributed by atoms with Crippen LogP contribution in [0.25, 0.3) is 0 Å². The molecule has 1 fully saturated rings. The zero-order chi connectivity index (χ0) is 16.9. The van der Waals surface area contributed by atoms with Gasteiger partial charge in [-0.1, -0.05) is 0 Å². The molecular formula is C19H21N3OSe. The van der Waals surface area contributed by atoms with Crippen LogP contribution in [-0.4, -0.2) is 26.7 Å². The Balaban J connectivity index is 1.93. The van der Waals surface area contributed by atoms with Gasteiger partial charge in [0.2, 0.25) is 0 Å². The molecule has 124 valence electrons. The molecule has 4 nitrogen and oxygen atoms in total. The number of hydrogen-bond acceptors (Lipinski definition) is 2. The standard InChI is InChI=1S/C19H21N3OSe/c1-13-16(21-22-19(20)23)12-17(14-8-4-2-5-9-14)24-18(13)15-10-6-3-7-11-15/h2-11,13,17-18H,12H2,1H3,(H3,20,22,23)/b21-16+. The van der Waals surface area contributed by atoms with Gasteiger partial charge in [0.25, 0.3) is 0 Å². The number of nitrogens with two attached hydrogens (primary N) is 1. The van der Waals surface area contributed by atoms with Crippen LogP contribution in [-0.2, 0) is 0 Å². The zero-order valence-electron chi connectivity index (χ0n) is 13.6. The second kappa shape index (κ2) is 7.65. The van der Waals surface area contributed by atoms with Crippen LogP contribution in [0.15, 0.2) is 65.8 Å². The van der Waals surface area contributed by atoms with Crippen LogP contribution in [0, 0.1) is 5.92 Å². The van der Waals surface area contributed by atoms with Crippen LogP contribution in [0.2, 0.25) is 0 Å². The molecule has 5 heteroatoms. The van der Waals surface area contributed by atoms with Gasteiger partial charge in [-0.25, -0.2) is 0 Å². The summed E-state index contributed by atoms with van der Waals surface area (Å²) in [4.78, 5) is 11.9. The van der Waals surface area contributed by atoms with Crippen LogP contribution in [0.1, 0.15) is 34.1 Å². The summed E-state index contributed by atoms with van der Waals surface area (Å²) in [6, 6.07) is 20.6. The molecule has 0 saturated carbocycles. The molecule has 3 N–H and O–H groups in total. The average molecular weight is 386 g/mol. The second-order valence-corrected chi connectivity index (χ2v) is 8.77. The molecule has 3 atom stereocenters. The van der Waals surface area contributed by atoms with Crippen LogP contribution < -0.4 is 11.2 Å². The first-order valence-corrected chi connectivity index (χ1v) is 10.00. The van der Waals surface area contributed by atoms with Gasteiger partial charge in [-0.15, -0.1) is 0 Å². The molecule has 1 saturated heterocycles. The van der Waals surface area contributed by atoms with E-state index in [-0.39, 0.29) is 0 Å². The number of hydrazone groups is 1. The fourth-order valence-corrected chi connectivity index (χ4v) is 6.49. The van der Waals surface area contributed by atoms with E-state index in [4.69, 9.17) is 5.73 Å². The van der Waals surface area contributed by atoms with Crippen LogP contribution in [0.5, 0.6) is 0 Å². The fraction of sp³-hybridized carbons (Fsp3) is 0.263. The van der Waals surface area contributed by atoms with Crippen molar-refractivity contribution in [2.24, 2.45) is 16.8 Å². The second-order valence-electron chi connectivity index (χ2n) is 5.94. The monoisotopic (exact) mass is 387 g/mol. The first-order chi connectivity index (χ1) is 11.6. The van der Waals surface area contributed by atoms with E-state index in [0.29, 0.717) is 30.5 Å². The molecule has 24 heavy (non-hydrogen) atoms. The number of nitrogens with one attached hydrogen (secondary N) is 1. The predicted octanol–water partition coefficient (Wildman–Crippen LogP) is 3.24. The van der Waals surface area contributed by atoms with Gasteiger partial charge in [-0.05, 0) is 0 Å². The van der Waals surface area contributed by atoms with Crippen molar-refractivity contribution in [1.29, 1.82) is 0 Å². The number of primary amides is 1. The van der Waals surface area contributed by atoms with Gasteiger partial charge >= 0.3 is 148 Å². The first-order valence-electron chi connectivity index (χ1n) is 8.02. The van der Waals surface area contributed by atoms with E-state index in [1.807, 2.05) is 12.1 Å². The number of carbonyl (C=O) groups excluding carboxylic acids is 1. The van der Waals surface area contributed by atoms with Gasteiger partial charge in [0, 0.05) is 0 Å². The van der Waals surface area contributed by atoms with Crippen molar-refractivity contribution in [2.45, 2.75) is 23.0 Å². The summed E-state index contributed by atoms with van der Waals surface area (Å²) in [6.45, 7) is 2.20. The van der Waals surface area contributed by atoms with E-state index < -0.39 is 6.03 Å².